The van der Waals surface area contributed by atoms with Gasteiger partial charge in [0.15, 0.2) is 0 Å². The first-order valence-electron chi connectivity index (χ1n) is 5.88. The zero-order valence-electron chi connectivity index (χ0n) is 10.9. The van der Waals surface area contributed by atoms with E-state index in [2.05, 4.69) is 0 Å². The summed E-state index contributed by atoms with van der Waals surface area (Å²) in [5, 5.41) is 0.675. The summed E-state index contributed by atoms with van der Waals surface area (Å²) in [5.74, 6) is 1.24. The van der Waals surface area contributed by atoms with Crippen LogP contribution in [0.2, 0.25) is 5.02 Å². The maximum absolute atomic E-state index is 6.19. The summed E-state index contributed by atoms with van der Waals surface area (Å²) in [4.78, 5) is 2.03. The average Bonchev–Trinajstić information content (AvgIpc) is 2.46. The average molecular weight is 296 g/mol. The van der Waals surface area contributed by atoms with E-state index in [0.29, 0.717) is 10.9 Å². The SMILES string of the molecule is COc1ccccc1N(C)c1ccc(CCl)c(Cl)c1. The van der Waals surface area contributed by atoms with Crippen LogP contribution < -0.4 is 9.64 Å². The standard InChI is InChI=1S/C15H15Cl2NO/c1-18(14-5-3-4-6-15(14)19-2)12-8-7-11(10-16)13(17)9-12/h3-9H,10H2,1-2H3. The fraction of sp³-hybridized carbons (Fsp3) is 0.200. The number of benzene rings is 2. The first kappa shape index (κ1) is 14.0. The molecule has 19 heavy (non-hydrogen) atoms. The quantitative estimate of drug-likeness (QED) is 0.747. The molecule has 0 saturated heterocycles. The number of alkyl halides is 1. The van der Waals surface area contributed by atoms with E-state index < -0.39 is 0 Å². The van der Waals surface area contributed by atoms with Crippen LogP contribution in [-0.2, 0) is 5.88 Å². The van der Waals surface area contributed by atoms with Crippen molar-refractivity contribution in [2.24, 2.45) is 0 Å². The zero-order valence-corrected chi connectivity index (χ0v) is 12.4. The predicted octanol–water partition coefficient (Wildman–Crippen LogP) is 4.86. The minimum atomic E-state index is 0.414. The van der Waals surface area contributed by atoms with Gasteiger partial charge in [-0.1, -0.05) is 29.8 Å². The third-order valence-corrected chi connectivity index (χ3v) is 3.65. The highest BCUT2D eigenvalue weighted by atomic mass is 35.5. The Morgan fingerprint density at radius 2 is 1.89 bits per heavy atom. The van der Waals surface area contributed by atoms with Crippen molar-refractivity contribution >= 4 is 34.6 Å². The zero-order chi connectivity index (χ0) is 13.8. The van der Waals surface area contributed by atoms with Crippen LogP contribution in [0.15, 0.2) is 42.5 Å². The van der Waals surface area contributed by atoms with Gasteiger partial charge >= 0.3 is 0 Å². The molecule has 2 rings (SSSR count). The first-order chi connectivity index (χ1) is 9.17. The van der Waals surface area contributed by atoms with Gasteiger partial charge in [-0.2, -0.15) is 0 Å². The number of methoxy groups -OCH3 is 1. The maximum Gasteiger partial charge on any atom is 0.142 e. The molecule has 0 aliphatic carbocycles. The van der Waals surface area contributed by atoms with Crippen LogP contribution in [0, 0.1) is 0 Å². The fourth-order valence-corrected chi connectivity index (χ4v) is 2.44. The summed E-state index contributed by atoms with van der Waals surface area (Å²) in [6.45, 7) is 0. The third kappa shape index (κ3) is 2.96. The number of rotatable bonds is 4. The van der Waals surface area contributed by atoms with Crippen LogP contribution in [0.4, 0.5) is 11.4 Å². The molecule has 0 saturated carbocycles. The van der Waals surface area contributed by atoms with Gasteiger partial charge < -0.3 is 9.64 Å². The number of hydrogen-bond donors (Lipinski definition) is 0. The van der Waals surface area contributed by atoms with Crippen molar-refractivity contribution in [3.05, 3.63) is 53.1 Å². The Morgan fingerprint density at radius 1 is 1.16 bits per heavy atom. The summed E-state index contributed by atoms with van der Waals surface area (Å²) >= 11 is 12.0. The smallest absolute Gasteiger partial charge is 0.142 e. The molecular formula is C15H15Cl2NO. The van der Waals surface area contributed by atoms with Gasteiger partial charge in [0.05, 0.1) is 12.8 Å². The van der Waals surface area contributed by atoms with Crippen LogP contribution in [-0.4, -0.2) is 14.2 Å². The molecule has 0 aliphatic rings. The fourth-order valence-electron chi connectivity index (χ4n) is 1.90. The molecule has 4 heteroatoms. The highest BCUT2D eigenvalue weighted by Crippen LogP contribution is 2.34. The highest BCUT2D eigenvalue weighted by molar-refractivity contribution is 6.32. The minimum absolute atomic E-state index is 0.414. The van der Waals surface area contributed by atoms with Gasteiger partial charge in [-0.05, 0) is 29.8 Å². The number of ether oxygens (including phenoxy) is 1. The minimum Gasteiger partial charge on any atom is -0.495 e. The molecule has 0 atom stereocenters. The monoisotopic (exact) mass is 295 g/mol. The van der Waals surface area contributed by atoms with Crippen LogP contribution in [0.3, 0.4) is 0 Å². The molecule has 0 aromatic heterocycles. The van der Waals surface area contributed by atoms with Crippen LogP contribution >= 0.6 is 23.2 Å². The lowest BCUT2D eigenvalue weighted by Crippen LogP contribution is -2.10. The molecule has 0 fully saturated rings. The van der Waals surface area contributed by atoms with Crippen molar-refractivity contribution in [3.8, 4) is 5.75 Å². The van der Waals surface area contributed by atoms with E-state index in [-0.39, 0.29) is 0 Å². The highest BCUT2D eigenvalue weighted by Gasteiger charge is 2.10. The topological polar surface area (TPSA) is 12.5 Å². The van der Waals surface area contributed by atoms with Crippen LogP contribution in [0.5, 0.6) is 5.75 Å². The molecule has 0 N–H and O–H groups in total. The number of halogens is 2. The van der Waals surface area contributed by atoms with E-state index in [1.807, 2.05) is 54.4 Å². The van der Waals surface area contributed by atoms with Crippen molar-refractivity contribution in [2.75, 3.05) is 19.1 Å². The van der Waals surface area contributed by atoms with Crippen molar-refractivity contribution < 1.29 is 4.74 Å². The molecule has 0 amide bonds. The van der Waals surface area contributed by atoms with Crippen LogP contribution in [0.25, 0.3) is 0 Å². The number of nitrogens with zero attached hydrogens (tertiary/aromatic N) is 1. The largest absolute Gasteiger partial charge is 0.495 e. The van der Waals surface area contributed by atoms with Gasteiger partial charge in [0, 0.05) is 23.6 Å². The Balaban J connectivity index is 2.38. The van der Waals surface area contributed by atoms with E-state index in [4.69, 9.17) is 27.9 Å². The molecule has 2 nitrogen and oxygen atoms in total. The maximum atomic E-state index is 6.19. The number of anilines is 2. The summed E-state index contributed by atoms with van der Waals surface area (Å²) < 4.78 is 5.37. The Kier molecular flexibility index (Phi) is 4.56. The lowest BCUT2D eigenvalue weighted by molar-refractivity contribution is 0.415. The molecule has 0 radical (unpaired) electrons. The lowest BCUT2D eigenvalue weighted by Gasteiger charge is -2.22. The number of para-hydroxylation sites is 2. The first-order valence-corrected chi connectivity index (χ1v) is 6.79. The van der Waals surface area contributed by atoms with E-state index >= 15 is 0 Å². The lowest BCUT2D eigenvalue weighted by atomic mass is 10.2. The molecule has 0 heterocycles. The molecule has 2 aromatic rings. The van der Waals surface area contributed by atoms with E-state index in [0.717, 1.165) is 22.7 Å². The van der Waals surface area contributed by atoms with Gasteiger partial charge in [0.1, 0.15) is 5.75 Å². The molecule has 0 aliphatic heterocycles. The molecule has 0 spiro atoms. The second-order valence-electron chi connectivity index (χ2n) is 4.14. The van der Waals surface area contributed by atoms with Gasteiger partial charge in [-0.15, -0.1) is 11.6 Å². The molecule has 2 aromatic carbocycles. The third-order valence-electron chi connectivity index (χ3n) is 3.01. The van der Waals surface area contributed by atoms with Crippen molar-refractivity contribution in [1.29, 1.82) is 0 Å². The predicted molar refractivity (Wildman–Crippen MR) is 82.1 cm³/mol. The normalized spacial score (nSPS) is 10.3. The van der Waals surface area contributed by atoms with Gasteiger partial charge in [-0.25, -0.2) is 0 Å². The summed E-state index contributed by atoms with van der Waals surface area (Å²) in [5.41, 5.74) is 2.91. The van der Waals surface area contributed by atoms with Crippen molar-refractivity contribution in [2.45, 2.75) is 5.88 Å². The van der Waals surface area contributed by atoms with Crippen molar-refractivity contribution in [1.82, 2.24) is 0 Å². The Bertz CT molecular complexity index is 572. The van der Waals surface area contributed by atoms with Gasteiger partial charge in [0.2, 0.25) is 0 Å². The van der Waals surface area contributed by atoms with Crippen LogP contribution in [0.1, 0.15) is 5.56 Å². The van der Waals surface area contributed by atoms with Crippen molar-refractivity contribution in [3.63, 3.8) is 0 Å². The van der Waals surface area contributed by atoms with E-state index in [1.54, 1.807) is 7.11 Å². The Labute approximate surface area is 123 Å². The molecule has 100 valence electrons. The van der Waals surface area contributed by atoms with Gasteiger partial charge in [-0.3, -0.25) is 0 Å². The molecule has 0 unspecified atom stereocenters. The molecular weight excluding hydrogens is 281 g/mol. The Morgan fingerprint density at radius 3 is 2.53 bits per heavy atom. The molecule has 0 bridgehead atoms. The van der Waals surface area contributed by atoms with E-state index in [9.17, 15) is 0 Å². The summed E-state index contributed by atoms with van der Waals surface area (Å²) in [6, 6.07) is 13.7. The second kappa shape index (κ2) is 6.18. The summed E-state index contributed by atoms with van der Waals surface area (Å²) in [6.07, 6.45) is 0. The Hall–Kier alpha value is -1.38. The summed E-state index contributed by atoms with van der Waals surface area (Å²) in [7, 11) is 3.64. The second-order valence-corrected chi connectivity index (χ2v) is 4.81. The number of hydrogen-bond acceptors (Lipinski definition) is 2. The van der Waals surface area contributed by atoms with Gasteiger partial charge in [0.25, 0.3) is 0 Å². The van der Waals surface area contributed by atoms with E-state index in [1.165, 1.54) is 0 Å².